The van der Waals surface area contributed by atoms with Crippen molar-refractivity contribution in [3.63, 3.8) is 0 Å². The molecule has 4 aromatic rings. The van der Waals surface area contributed by atoms with Crippen molar-refractivity contribution in [3.8, 4) is 0 Å². The van der Waals surface area contributed by atoms with Crippen LogP contribution in [0.1, 0.15) is 104 Å². The molecule has 7 heteroatoms. The number of nitrogens with zero attached hydrogens (tertiary/aromatic N) is 3. The highest BCUT2D eigenvalue weighted by molar-refractivity contribution is 5.99. The van der Waals surface area contributed by atoms with Crippen molar-refractivity contribution in [3.05, 3.63) is 132 Å². The number of nitrogens with one attached hydrogen (secondary N) is 1. The third kappa shape index (κ3) is 14.1. The quantitative estimate of drug-likeness (QED) is 0.213. The summed E-state index contributed by atoms with van der Waals surface area (Å²) in [5, 5.41) is 12.6. The zero-order chi connectivity index (χ0) is 40.4. The first-order valence-electron chi connectivity index (χ1n) is 21.0. The number of amides is 2. The van der Waals surface area contributed by atoms with Crippen LogP contribution in [0, 0.1) is 0 Å². The van der Waals surface area contributed by atoms with E-state index in [4.69, 9.17) is 0 Å². The lowest BCUT2D eigenvalue weighted by Gasteiger charge is -2.23. The molecule has 8 rings (SSSR count). The first-order chi connectivity index (χ1) is 27.1. The van der Waals surface area contributed by atoms with E-state index in [9.17, 15) is 14.7 Å². The Bertz CT molecular complexity index is 1550. The van der Waals surface area contributed by atoms with Crippen molar-refractivity contribution in [2.75, 3.05) is 49.1 Å². The molecule has 4 unspecified atom stereocenters. The summed E-state index contributed by atoms with van der Waals surface area (Å²) in [5.41, 5.74) is 4.78. The van der Waals surface area contributed by atoms with Gasteiger partial charge in [0.15, 0.2) is 0 Å². The number of carbonyl (C=O) groups excluding carboxylic acids is 2. The summed E-state index contributed by atoms with van der Waals surface area (Å²) >= 11 is 0. The molecule has 0 aromatic heterocycles. The van der Waals surface area contributed by atoms with Crippen LogP contribution in [0.4, 0.5) is 11.4 Å². The van der Waals surface area contributed by atoms with Crippen LogP contribution in [0.5, 0.6) is 0 Å². The number of rotatable bonds is 5. The molecule has 0 radical (unpaired) electrons. The Balaban J connectivity index is 0.000000279. The van der Waals surface area contributed by atoms with Gasteiger partial charge in [0.25, 0.3) is 5.91 Å². The topological polar surface area (TPSA) is 76.1 Å². The van der Waals surface area contributed by atoms with Gasteiger partial charge >= 0.3 is 0 Å². The fraction of sp³-hybridized carbons (Fsp3) is 0.458. The molecule has 0 aliphatic carbocycles. The smallest absolute Gasteiger partial charge is 0.255 e. The number of benzene rings is 4. The van der Waals surface area contributed by atoms with E-state index in [0.717, 1.165) is 56.3 Å². The molecule has 4 atom stereocenters. The Kier molecular flexibility index (Phi) is 23.3. The summed E-state index contributed by atoms with van der Waals surface area (Å²) in [5.74, 6) is 1.40. The lowest BCUT2D eigenvalue weighted by Crippen LogP contribution is -2.40. The van der Waals surface area contributed by atoms with Crippen LogP contribution in [0.25, 0.3) is 0 Å². The Labute approximate surface area is 333 Å². The summed E-state index contributed by atoms with van der Waals surface area (Å²) in [6.07, 6.45) is 3.12. The highest BCUT2D eigenvalue weighted by atomic mass is 16.3. The van der Waals surface area contributed by atoms with E-state index in [1.165, 1.54) is 24.1 Å². The second kappa shape index (κ2) is 27.3. The molecule has 4 aromatic carbocycles. The minimum absolute atomic E-state index is 0.0592. The normalized spacial score (nSPS) is 21.0. The van der Waals surface area contributed by atoms with Crippen LogP contribution in [0.15, 0.2) is 121 Å². The van der Waals surface area contributed by atoms with Gasteiger partial charge in [-0.15, -0.1) is 0 Å². The molecule has 7 nitrogen and oxygen atoms in total. The van der Waals surface area contributed by atoms with E-state index >= 15 is 0 Å². The zero-order valence-corrected chi connectivity index (χ0v) is 35.0. The maximum atomic E-state index is 12.8. The molecular weight excluding hydrogens is 681 g/mol. The van der Waals surface area contributed by atoms with Gasteiger partial charge in [-0.2, -0.15) is 0 Å². The summed E-state index contributed by atoms with van der Waals surface area (Å²) in [6.45, 7) is 21.8. The van der Waals surface area contributed by atoms with Crippen LogP contribution in [0.3, 0.4) is 0 Å². The van der Waals surface area contributed by atoms with Crippen molar-refractivity contribution < 1.29 is 14.7 Å². The van der Waals surface area contributed by atoms with Crippen LogP contribution in [-0.2, 0) is 9.59 Å². The maximum absolute atomic E-state index is 12.8. The lowest BCUT2D eigenvalue weighted by atomic mass is 9.99. The predicted molar refractivity (Wildman–Crippen MR) is 234 cm³/mol. The zero-order valence-electron chi connectivity index (χ0n) is 35.0. The molecule has 4 aliphatic heterocycles. The van der Waals surface area contributed by atoms with Crippen LogP contribution in [-0.4, -0.2) is 73.2 Å². The third-order valence-corrected chi connectivity index (χ3v) is 9.75. The Hall–Kier alpha value is -4.30. The lowest BCUT2D eigenvalue weighted by molar-refractivity contribution is -0.124. The standard InChI is InChI=1S/C20H22N2O.C10H11NO2.C10H13N.4C2H6/c23-20-19(12-14-22(20)18-9-5-2-6-10-18)21-13-11-17(15-21)16-7-3-1-4-8-16;12-9-6-7-11(10(9)13)8-4-2-1-3-5-8;1-2-4-9(5-3-1)10-6-7-11-8-10;4*1-2/h1-10,17,19H,11-15H2;1-5,9,12H,6-7H2;1-5,10-11H,6-8H2;4*1-2H3. The minimum atomic E-state index is -0.805. The molecule has 4 fully saturated rings. The van der Waals surface area contributed by atoms with Crippen LogP contribution < -0.4 is 15.1 Å². The van der Waals surface area contributed by atoms with Crippen molar-refractivity contribution in [1.29, 1.82) is 0 Å². The van der Waals surface area contributed by atoms with Gasteiger partial charge in [-0.3, -0.25) is 14.5 Å². The van der Waals surface area contributed by atoms with E-state index in [0.29, 0.717) is 18.9 Å². The van der Waals surface area contributed by atoms with Crippen LogP contribution in [0.2, 0.25) is 0 Å². The summed E-state index contributed by atoms with van der Waals surface area (Å²) in [7, 11) is 0. The highest BCUT2D eigenvalue weighted by Crippen LogP contribution is 2.32. The SMILES string of the molecule is CC.CC.CC.CC.O=C1C(N2CCC(c3ccccc3)C2)CCN1c1ccccc1.O=C1C(O)CCN1c1ccccc1.c1ccc(C2CCNC2)cc1. The number of hydrogen-bond donors (Lipinski definition) is 2. The molecule has 2 amide bonds. The Morgan fingerprint density at radius 2 is 0.945 bits per heavy atom. The Morgan fingerprint density at radius 1 is 0.509 bits per heavy atom. The highest BCUT2D eigenvalue weighted by Gasteiger charge is 2.39. The minimum Gasteiger partial charge on any atom is -0.383 e. The number of carbonyl (C=O) groups is 2. The number of anilines is 2. The van der Waals surface area contributed by atoms with Gasteiger partial charge in [-0.1, -0.05) is 152 Å². The van der Waals surface area contributed by atoms with E-state index < -0.39 is 6.10 Å². The molecule has 2 N–H and O–H groups in total. The van der Waals surface area contributed by atoms with Crippen molar-refractivity contribution in [2.24, 2.45) is 0 Å². The molecule has 0 saturated carbocycles. The largest absolute Gasteiger partial charge is 0.383 e. The average molecular weight is 751 g/mol. The summed E-state index contributed by atoms with van der Waals surface area (Å²) in [4.78, 5) is 30.2. The molecule has 4 heterocycles. The van der Waals surface area contributed by atoms with Gasteiger partial charge in [0.2, 0.25) is 5.91 Å². The first-order valence-corrected chi connectivity index (χ1v) is 21.0. The van der Waals surface area contributed by atoms with E-state index in [2.05, 4.69) is 70.9 Å². The van der Waals surface area contributed by atoms with Gasteiger partial charge in [0.05, 0.1) is 6.04 Å². The van der Waals surface area contributed by atoms with Crippen LogP contribution >= 0.6 is 0 Å². The van der Waals surface area contributed by atoms with Gasteiger partial charge in [-0.05, 0) is 79.6 Å². The molecule has 55 heavy (non-hydrogen) atoms. The Morgan fingerprint density at radius 3 is 1.38 bits per heavy atom. The number of likely N-dealkylation sites (tertiary alicyclic amines) is 1. The second-order valence-electron chi connectivity index (χ2n) is 12.8. The van der Waals surface area contributed by atoms with E-state index in [1.54, 1.807) is 4.90 Å². The summed E-state index contributed by atoms with van der Waals surface area (Å²) in [6, 6.07) is 41.0. The molecular formula is C48H70N4O3. The number of hydrogen-bond acceptors (Lipinski definition) is 5. The maximum Gasteiger partial charge on any atom is 0.255 e. The number of aliphatic hydroxyl groups excluding tert-OH is 1. The predicted octanol–water partition coefficient (Wildman–Crippen LogP) is 9.93. The number of para-hydroxylation sites is 2. The number of aliphatic hydroxyl groups is 1. The third-order valence-electron chi connectivity index (χ3n) is 9.75. The van der Waals surface area contributed by atoms with E-state index in [-0.39, 0.29) is 17.9 Å². The molecule has 4 aliphatic rings. The fourth-order valence-electron chi connectivity index (χ4n) is 7.13. The van der Waals surface area contributed by atoms with Gasteiger partial charge in [0, 0.05) is 44.0 Å². The van der Waals surface area contributed by atoms with Crippen molar-refractivity contribution >= 4 is 23.2 Å². The van der Waals surface area contributed by atoms with Crippen molar-refractivity contribution in [1.82, 2.24) is 10.2 Å². The molecule has 4 saturated heterocycles. The summed E-state index contributed by atoms with van der Waals surface area (Å²) < 4.78 is 0. The molecule has 0 spiro atoms. The second-order valence-corrected chi connectivity index (χ2v) is 12.8. The first kappa shape index (κ1) is 46.9. The van der Waals surface area contributed by atoms with Gasteiger partial charge in [-0.25, -0.2) is 0 Å². The monoisotopic (exact) mass is 751 g/mol. The van der Waals surface area contributed by atoms with Gasteiger partial charge in [0.1, 0.15) is 6.10 Å². The fourth-order valence-corrected chi connectivity index (χ4v) is 7.13. The molecule has 300 valence electrons. The molecule has 0 bridgehead atoms. The van der Waals surface area contributed by atoms with E-state index in [1.807, 2.05) is 121 Å². The van der Waals surface area contributed by atoms with Crippen molar-refractivity contribution in [2.45, 2.75) is 105 Å². The average Bonchev–Trinajstić information content (AvgIpc) is 4.12. The van der Waals surface area contributed by atoms with Gasteiger partial charge < -0.3 is 20.2 Å².